The van der Waals surface area contributed by atoms with Gasteiger partial charge in [-0.1, -0.05) is 12.1 Å². The highest BCUT2D eigenvalue weighted by molar-refractivity contribution is 14.0. The number of carbonyl (C=O) groups is 1. The summed E-state index contributed by atoms with van der Waals surface area (Å²) in [6.07, 6.45) is 1.67. The van der Waals surface area contributed by atoms with Crippen LogP contribution in [-0.2, 0) is 11.3 Å². The van der Waals surface area contributed by atoms with Crippen molar-refractivity contribution < 1.29 is 14.6 Å². The van der Waals surface area contributed by atoms with Crippen LogP contribution in [0, 0.1) is 5.41 Å². The van der Waals surface area contributed by atoms with E-state index in [1.807, 2.05) is 49.9 Å². The molecule has 8 heteroatoms. The van der Waals surface area contributed by atoms with Crippen LogP contribution in [0.2, 0.25) is 0 Å². The van der Waals surface area contributed by atoms with E-state index in [1.165, 1.54) is 0 Å². The van der Waals surface area contributed by atoms with E-state index >= 15 is 0 Å². The highest BCUT2D eigenvalue weighted by atomic mass is 127. The zero-order chi connectivity index (χ0) is 21.1. The summed E-state index contributed by atoms with van der Waals surface area (Å²) in [4.78, 5) is 18.9. The van der Waals surface area contributed by atoms with Gasteiger partial charge in [0.1, 0.15) is 0 Å². The molecule has 2 rings (SSSR count). The average molecular weight is 532 g/mol. The lowest BCUT2D eigenvalue weighted by Crippen LogP contribution is -2.44. The molecule has 0 spiro atoms. The number of ether oxygens (including phenoxy) is 1. The molecule has 170 valence electrons. The third-order valence-electron chi connectivity index (χ3n) is 5.47. The molecule has 7 nitrogen and oxygen atoms in total. The van der Waals surface area contributed by atoms with Gasteiger partial charge in [-0.05, 0) is 51.3 Å². The fraction of sp³-hybridized carbons (Fsp3) is 0.636. The summed E-state index contributed by atoms with van der Waals surface area (Å²) in [5, 5.41) is 16.1. The summed E-state index contributed by atoms with van der Waals surface area (Å²) in [5.41, 5.74) is 1.73. The third-order valence-corrected chi connectivity index (χ3v) is 5.47. The summed E-state index contributed by atoms with van der Waals surface area (Å²) in [5.74, 6) is 0.813. The Balaban J connectivity index is 0.00000450. The van der Waals surface area contributed by atoms with Crippen molar-refractivity contribution in [3.05, 3.63) is 35.4 Å². The molecule has 0 aromatic heterocycles. The standard InChI is InChI=1S/C22H36N4O3.HI/c1-4-23-21(25-16-22(11-13-27)12-14-29-17-22)24-15-18-7-9-19(10-8-18)20(28)26(5-2)6-3;/h7-10,27H,4-6,11-17H2,1-3H3,(H2,23,24,25);1H. The van der Waals surface area contributed by atoms with Crippen molar-refractivity contribution in [2.45, 2.75) is 40.2 Å². The van der Waals surface area contributed by atoms with Gasteiger partial charge < -0.3 is 25.4 Å². The predicted octanol–water partition coefficient (Wildman–Crippen LogP) is 2.63. The molecule has 3 N–H and O–H groups in total. The number of nitrogens with zero attached hydrogens (tertiary/aromatic N) is 2. The van der Waals surface area contributed by atoms with Crippen LogP contribution in [-0.4, -0.2) is 67.9 Å². The number of aliphatic imine (C=N–C) groups is 1. The number of rotatable bonds is 10. The van der Waals surface area contributed by atoms with Gasteiger partial charge in [0, 0.05) is 50.4 Å². The van der Waals surface area contributed by atoms with E-state index in [0.29, 0.717) is 31.8 Å². The van der Waals surface area contributed by atoms with E-state index < -0.39 is 0 Å². The Morgan fingerprint density at radius 1 is 1.20 bits per heavy atom. The summed E-state index contributed by atoms with van der Waals surface area (Å²) in [6, 6.07) is 7.67. The Morgan fingerprint density at radius 3 is 2.43 bits per heavy atom. The first kappa shape index (κ1) is 26.6. The highest BCUT2D eigenvalue weighted by Crippen LogP contribution is 2.31. The van der Waals surface area contributed by atoms with E-state index in [2.05, 4.69) is 15.6 Å². The van der Waals surface area contributed by atoms with Crippen LogP contribution in [0.5, 0.6) is 0 Å². The first-order valence-electron chi connectivity index (χ1n) is 10.7. The largest absolute Gasteiger partial charge is 0.396 e. The van der Waals surface area contributed by atoms with Crippen LogP contribution in [0.15, 0.2) is 29.3 Å². The van der Waals surface area contributed by atoms with Gasteiger partial charge in [0.15, 0.2) is 5.96 Å². The first-order valence-corrected chi connectivity index (χ1v) is 10.7. The number of carbonyl (C=O) groups excluding carboxylic acids is 1. The molecule has 0 bridgehead atoms. The Labute approximate surface area is 197 Å². The number of hydrogen-bond acceptors (Lipinski definition) is 4. The summed E-state index contributed by atoms with van der Waals surface area (Å²) in [6.45, 7) is 11.0. The van der Waals surface area contributed by atoms with E-state index in [1.54, 1.807) is 0 Å². The van der Waals surface area contributed by atoms with Gasteiger partial charge in [-0.2, -0.15) is 0 Å². The van der Waals surface area contributed by atoms with Crippen molar-refractivity contribution in [3.8, 4) is 0 Å². The lowest BCUT2D eigenvalue weighted by atomic mass is 9.84. The summed E-state index contributed by atoms with van der Waals surface area (Å²) < 4.78 is 5.56. The van der Waals surface area contributed by atoms with E-state index in [0.717, 1.165) is 44.1 Å². The number of halogens is 1. The second-order valence-electron chi connectivity index (χ2n) is 7.50. The molecule has 1 amide bonds. The summed E-state index contributed by atoms with van der Waals surface area (Å²) in [7, 11) is 0. The molecule has 1 fully saturated rings. The quantitative estimate of drug-likeness (QED) is 0.245. The third kappa shape index (κ3) is 7.70. The molecule has 0 radical (unpaired) electrons. The van der Waals surface area contributed by atoms with E-state index in [9.17, 15) is 9.90 Å². The zero-order valence-corrected chi connectivity index (χ0v) is 20.8. The fourth-order valence-corrected chi connectivity index (χ4v) is 3.54. The van der Waals surface area contributed by atoms with Gasteiger partial charge in [0.2, 0.25) is 0 Å². The first-order chi connectivity index (χ1) is 14.1. The van der Waals surface area contributed by atoms with Gasteiger partial charge in [0.25, 0.3) is 5.91 Å². The van der Waals surface area contributed by atoms with Crippen LogP contribution >= 0.6 is 24.0 Å². The minimum absolute atomic E-state index is 0. The van der Waals surface area contributed by atoms with E-state index in [4.69, 9.17) is 4.74 Å². The molecular weight excluding hydrogens is 495 g/mol. The van der Waals surface area contributed by atoms with Crippen LogP contribution in [0.1, 0.15) is 49.5 Å². The molecule has 1 aliphatic heterocycles. The van der Waals surface area contributed by atoms with Gasteiger partial charge in [-0.3, -0.25) is 4.79 Å². The molecule has 0 aliphatic carbocycles. The second kappa shape index (κ2) is 13.8. The van der Waals surface area contributed by atoms with Crippen LogP contribution in [0.4, 0.5) is 0 Å². The Hall–Kier alpha value is -1.39. The van der Waals surface area contributed by atoms with E-state index in [-0.39, 0.29) is 41.9 Å². The normalized spacial score (nSPS) is 18.6. The number of guanidine groups is 1. The van der Waals surface area contributed by atoms with Crippen LogP contribution in [0.25, 0.3) is 0 Å². The van der Waals surface area contributed by atoms with Crippen molar-refractivity contribution in [2.75, 3.05) is 46.0 Å². The average Bonchev–Trinajstić information content (AvgIpc) is 3.20. The van der Waals surface area contributed by atoms with Gasteiger partial charge in [-0.25, -0.2) is 4.99 Å². The Kier molecular flexibility index (Phi) is 12.3. The number of amides is 1. The second-order valence-corrected chi connectivity index (χ2v) is 7.50. The molecule has 1 unspecified atom stereocenters. The lowest BCUT2D eigenvalue weighted by Gasteiger charge is -2.27. The SMILES string of the molecule is CCNC(=NCc1ccc(C(=O)N(CC)CC)cc1)NCC1(CCO)CCOC1.I. The smallest absolute Gasteiger partial charge is 0.253 e. The topological polar surface area (TPSA) is 86.2 Å². The van der Waals surface area contributed by atoms with Crippen LogP contribution in [0.3, 0.4) is 0 Å². The minimum Gasteiger partial charge on any atom is -0.396 e. The molecule has 1 aliphatic rings. The molecule has 1 heterocycles. The van der Waals surface area contributed by atoms with Crippen molar-refractivity contribution in [3.63, 3.8) is 0 Å². The Bertz CT molecular complexity index is 657. The Morgan fingerprint density at radius 2 is 1.90 bits per heavy atom. The highest BCUT2D eigenvalue weighted by Gasteiger charge is 2.34. The number of aliphatic hydroxyl groups excluding tert-OH is 1. The zero-order valence-electron chi connectivity index (χ0n) is 18.4. The molecule has 1 aromatic rings. The van der Waals surface area contributed by atoms with Crippen molar-refractivity contribution in [1.29, 1.82) is 0 Å². The maximum absolute atomic E-state index is 12.4. The molecule has 1 saturated heterocycles. The van der Waals surface area contributed by atoms with Gasteiger partial charge in [0.05, 0.1) is 13.2 Å². The van der Waals surface area contributed by atoms with Crippen molar-refractivity contribution >= 4 is 35.8 Å². The molecule has 1 atom stereocenters. The molecule has 30 heavy (non-hydrogen) atoms. The molecule has 1 aromatic carbocycles. The predicted molar refractivity (Wildman–Crippen MR) is 131 cm³/mol. The van der Waals surface area contributed by atoms with Crippen molar-refractivity contribution in [2.24, 2.45) is 10.4 Å². The number of nitrogens with one attached hydrogen (secondary N) is 2. The lowest BCUT2D eigenvalue weighted by molar-refractivity contribution is 0.0773. The molecule has 0 saturated carbocycles. The summed E-state index contributed by atoms with van der Waals surface area (Å²) >= 11 is 0. The maximum Gasteiger partial charge on any atom is 0.253 e. The van der Waals surface area contributed by atoms with Gasteiger partial charge in [-0.15, -0.1) is 24.0 Å². The molecular formula is C22H37IN4O3. The number of hydrogen-bond donors (Lipinski definition) is 3. The monoisotopic (exact) mass is 532 g/mol. The number of benzene rings is 1. The minimum atomic E-state index is -0.0304. The fourth-order valence-electron chi connectivity index (χ4n) is 3.54. The number of aliphatic hydroxyl groups is 1. The van der Waals surface area contributed by atoms with Crippen LogP contribution < -0.4 is 10.6 Å². The maximum atomic E-state index is 12.4. The van der Waals surface area contributed by atoms with Crippen molar-refractivity contribution in [1.82, 2.24) is 15.5 Å². The van der Waals surface area contributed by atoms with Gasteiger partial charge >= 0.3 is 0 Å².